The van der Waals surface area contributed by atoms with E-state index in [0.29, 0.717) is 6.61 Å². The minimum Gasteiger partial charge on any atom is -0.367 e. The summed E-state index contributed by atoms with van der Waals surface area (Å²) in [6.07, 6.45) is 5.71. The van der Waals surface area contributed by atoms with Gasteiger partial charge in [-0.3, -0.25) is 0 Å². The minimum absolute atomic E-state index is 0.0972. The van der Waals surface area contributed by atoms with Crippen LogP contribution in [0.4, 0.5) is 0 Å². The molecule has 0 aliphatic carbocycles. The van der Waals surface area contributed by atoms with Crippen LogP contribution in [0, 0.1) is 5.41 Å². The van der Waals surface area contributed by atoms with Gasteiger partial charge in [0.15, 0.2) is 6.29 Å². The fourth-order valence-electron chi connectivity index (χ4n) is 2.57. The summed E-state index contributed by atoms with van der Waals surface area (Å²) in [6, 6.07) is 0. The molecule has 3 nitrogen and oxygen atoms in total. The van der Waals surface area contributed by atoms with E-state index < -0.39 is 6.29 Å². The molecule has 2 fully saturated rings. The molecule has 0 saturated carbocycles. The van der Waals surface area contributed by atoms with Crippen molar-refractivity contribution in [3.05, 3.63) is 12.2 Å². The molecule has 4 unspecified atom stereocenters. The first-order chi connectivity index (χ1) is 5.81. The number of fused-ring (bicyclic) bond motifs is 3. The second-order valence-corrected chi connectivity index (χ2v) is 3.89. The van der Waals surface area contributed by atoms with Gasteiger partial charge in [0.2, 0.25) is 0 Å². The average molecular weight is 168 g/mol. The molecule has 0 amide bonds. The van der Waals surface area contributed by atoms with E-state index in [9.17, 15) is 5.11 Å². The van der Waals surface area contributed by atoms with Crippen molar-refractivity contribution in [2.45, 2.75) is 31.3 Å². The van der Waals surface area contributed by atoms with Gasteiger partial charge in [-0.05, 0) is 12.8 Å². The lowest BCUT2D eigenvalue weighted by Gasteiger charge is -2.29. The van der Waals surface area contributed by atoms with E-state index in [1.807, 2.05) is 0 Å². The molecule has 3 aliphatic rings. The van der Waals surface area contributed by atoms with Gasteiger partial charge in [-0.2, -0.15) is 0 Å². The Morgan fingerprint density at radius 3 is 2.83 bits per heavy atom. The van der Waals surface area contributed by atoms with Crippen molar-refractivity contribution >= 4 is 0 Å². The molecule has 3 aliphatic heterocycles. The van der Waals surface area contributed by atoms with Gasteiger partial charge >= 0.3 is 0 Å². The predicted octanol–water partition coefficient (Wildman–Crippen LogP) is 0.439. The summed E-state index contributed by atoms with van der Waals surface area (Å²) < 4.78 is 10.8. The van der Waals surface area contributed by atoms with Gasteiger partial charge in [0.25, 0.3) is 0 Å². The molecule has 2 saturated heterocycles. The second kappa shape index (κ2) is 2.10. The van der Waals surface area contributed by atoms with Gasteiger partial charge in [0, 0.05) is 0 Å². The normalized spacial score (nSPS) is 55.9. The van der Waals surface area contributed by atoms with Gasteiger partial charge in [0.1, 0.15) is 0 Å². The maximum atomic E-state index is 9.67. The first-order valence-corrected chi connectivity index (χ1v) is 4.45. The molecule has 66 valence electrons. The largest absolute Gasteiger partial charge is 0.367 e. The number of ether oxygens (including phenoxy) is 2. The van der Waals surface area contributed by atoms with Gasteiger partial charge in [-0.1, -0.05) is 12.2 Å². The van der Waals surface area contributed by atoms with Crippen molar-refractivity contribution in [3.63, 3.8) is 0 Å². The van der Waals surface area contributed by atoms with Crippen molar-refractivity contribution < 1.29 is 14.6 Å². The zero-order valence-corrected chi connectivity index (χ0v) is 6.77. The molecule has 3 rings (SSSR count). The molecule has 1 spiro atoms. The van der Waals surface area contributed by atoms with Gasteiger partial charge < -0.3 is 14.6 Å². The Morgan fingerprint density at radius 2 is 2.33 bits per heavy atom. The van der Waals surface area contributed by atoms with Crippen LogP contribution in [0.25, 0.3) is 0 Å². The number of rotatable bonds is 0. The molecule has 3 heterocycles. The smallest absolute Gasteiger partial charge is 0.163 e. The standard InChI is InChI=1S/C9H12O3/c10-8-9(3-4-11-8)5-6-1-2-7(9)12-6/h1-2,6-8,10H,3-5H2. The van der Waals surface area contributed by atoms with Gasteiger partial charge in [-0.25, -0.2) is 0 Å². The Kier molecular flexibility index (Phi) is 1.24. The maximum Gasteiger partial charge on any atom is 0.163 e. The highest BCUT2D eigenvalue weighted by atomic mass is 16.6. The zero-order valence-electron chi connectivity index (χ0n) is 6.77. The van der Waals surface area contributed by atoms with Gasteiger partial charge in [0.05, 0.1) is 24.2 Å². The third-order valence-corrected chi connectivity index (χ3v) is 3.30. The summed E-state index contributed by atoms with van der Waals surface area (Å²) in [7, 11) is 0. The Hall–Kier alpha value is -0.380. The number of hydrogen-bond donors (Lipinski definition) is 1. The zero-order chi connectivity index (χ0) is 8.18. The van der Waals surface area contributed by atoms with E-state index in [1.165, 1.54) is 0 Å². The first kappa shape index (κ1) is 7.06. The fourth-order valence-corrected chi connectivity index (χ4v) is 2.57. The monoisotopic (exact) mass is 168 g/mol. The average Bonchev–Trinajstić information content (AvgIpc) is 2.69. The molecule has 0 radical (unpaired) electrons. The highest BCUT2D eigenvalue weighted by Crippen LogP contribution is 2.51. The van der Waals surface area contributed by atoms with E-state index in [4.69, 9.17) is 9.47 Å². The van der Waals surface area contributed by atoms with Crippen molar-refractivity contribution in [1.82, 2.24) is 0 Å². The molecule has 12 heavy (non-hydrogen) atoms. The van der Waals surface area contributed by atoms with E-state index >= 15 is 0 Å². The molecule has 0 aromatic heterocycles. The summed E-state index contributed by atoms with van der Waals surface area (Å²) in [5.74, 6) is 0. The number of hydrogen-bond acceptors (Lipinski definition) is 3. The minimum atomic E-state index is -0.613. The van der Waals surface area contributed by atoms with Crippen LogP contribution < -0.4 is 0 Å². The summed E-state index contributed by atoms with van der Waals surface area (Å²) in [4.78, 5) is 0. The highest BCUT2D eigenvalue weighted by molar-refractivity contribution is 5.18. The Bertz CT molecular complexity index is 238. The van der Waals surface area contributed by atoms with Crippen molar-refractivity contribution in [2.75, 3.05) is 6.61 Å². The van der Waals surface area contributed by atoms with Gasteiger partial charge in [-0.15, -0.1) is 0 Å². The Labute approximate surface area is 71.0 Å². The van der Waals surface area contributed by atoms with E-state index in [2.05, 4.69) is 12.2 Å². The van der Waals surface area contributed by atoms with Crippen LogP contribution in [0.2, 0.25) is 0 Å². The lowest BCUT2D eigenvalue weighted by molar-refractivity contribution is -0.127. The number of aliphatic hydroxyl groups excluding tert-OH is 1. The van der Waals surface area contributed by atoms with Crippen LogP contribution in [-0.4, -0.2) is 30.2 Å². The quantitative estimate of drug-likeness (QED) is 0.533. The highest BCUT2D eigenvalue weighted by Gasteiger charge is 2.56. The molecule has 2 bridgehead atoms. The fraction of sp³-hybridized carbons (Fsp3) is 0.778. The number of aliphatic hydroxyl groups is 1. The van der Waals surface area contributed by atoms with Crippen LogP contribution in [0.1, 0.15) is 12.8 Å². The summed E-state index contributed by atoms with van der Waals surface area (Å²) >= 11 is 0. The van der Waals surface area contributed by atoms with Crippen molar-refractivity contribution in [1.29, 1.82) is 0 Å². The third kappa shape index (κ3) is 0.672. The summed E-state index contributed by atoms with van der Waals surface area (Å²) in [5.41, 5.74) is -0.112. The molecular formula is C9H12O3. The van der Waals surface area contributed by atoms with E-state index in [1.54, 1.807) is 0 Å². The topological polar surface area (TPSA) is 38.7 Å². The van der Waals surface area contributed by atoms with Crippen LogP contribution in [0.15, 0.2) is 12.2 Å². The lowest BCUT2D eigenvalue weighted by Crippen LogP contribution is -2.38. The summed E-state index contributed by atoms with van der Waals surface area (Å²) in [6.45, 7) is 0.668. The van der Waals surface area contributed by atoms with Crippen LogP contribution >= 0.6 is 0 Å². The first-order valence-electron chi connectivity index (χ1n) is 4.45. The predicted molar refractivity (Wildman–Crippen MR) is 41.4 cm³/mol. The molecule has 0 aromatic carbocycles. The second-order valence-electron chi connectivity index (χ2n) is 3.89. The van der Waals surface area contributed by atoms with Crippen molar-refractivity contribution in [2.24, 2.45) is 5.41 Å². The SMILES string of the molecule is OC1OCCC12CC1C=CC2O1. The lowest BCUT2D eigenvalue weighted by atomic mass is 9.75. The van der Waals surface area contributed by atoms with E-state index in [-0.39, 0.29) is 17.6 Å². The molecule has 1 N–H and O–H groups in total. The van der Waals surface area contributed by atoms with Crippen LogP contribution in [-0.2, 0) is 9.47 Å². The summed E-state index contributed by atoms with van der Waals surface area (Å²) in [5, 5.41) is 9.67. The van der Waals surface area contributed by atoms with Crippen LogP contribution in [0.3, 0.4) is 0 Å². The Morgan fingerprint density at radius 1 is 1.42 bits per heavy atom. The third-order valence-electron chi connectivity index (χ3n) is 3.30. The van der Waals surface area contributed by atoms with Crippen molar-refractivity contribution in [3.8, 4) is 0 Å². The molecule has 0 aromatic rings. The van der Waals surface area contributed by atoms with Crippen LogP contribution in [0.5, 0.6) is 0 Å². The molecule has 3 heteroatoms. The van der Waals surface area contributed by atoms with E-state index in [0.717, 1.165) is 12.8 Å². The molecular weight excluding hydrogens is 156 g/mol. The Balaban J connectivity index is 1.97. The maximum absolute atomic E-state index is 9.67. The molecule has 4 atom stereocenters.